The van der Waals surface area contributed by atoms with Gasteiger partial charge in [-0.3, -0.25) is 4.99 Å². The minimum Gasteiger partial charge on any atom is -0.357 e. The van der Waals surface area contributed by atoms with Gasteiger partial charge in [0.15, 0.2) is 5.96 Å². The highest BCUT2D eigenvalue weighted by Gasteiger charge is 2.12. The zero-order chi connectivity index (χ0) is 15.6. The van der Waals surface area contributed by atoms with Gasteiger partial charge in [0.05, 0.1) is 0 Å². The van der Waals surface area contributed by atoms with Crippen molar-refractivity contribution in [1.82, 2.24) is 15.6 Å². The normalized spacial score (nSPS) is 15.0. The molecule has 2 rings (SSSR count). The van der Waals surface area contributed by atoms with Gasteiger partial charge in [-0.05, 0) is 43.2 Å². The molecule has 1 aliphatic rings. The van der Waals surface area contributed by atoms with Crippen molar-refractivity contribution in [3.63, 3.8) is 0 Å². The lowest BCUT2D eigenvalue weighted by atomic mass is 10.1. The second kappa shape index (κ2) is 11.8. The predicted octanol–water partition coefficient (Wildman–Crippen LogP) is 2.72. The average Bonchev–Trinajstić information content (AvgIpc) is 2.59. The largest absolute Gasteiger partial charge is 0.357 e. The molecule has 130 valence electrons. The molecular weight excluding hydrogens is 421 g/mol. The summed E-state index contributed by atoms with van der Waals surface area (Å²) in [5.74, 6) is 3.03. The van der Waals surface area contributed by atoms with Crippen molar-refractivity contribution in [2.75, 3.05) is 43.6 Å². The Hall–Kier alpha value is -0.700. The van der Waals surface area contributed by atoms with Gasteiger partial charge in [0.2, 0.25) is 0 Å². The quantitative estimate of drug-likeness (QED) is 0.303. The number of nitrogens with one attached hydrogen (secondary N) is 2. The molecule has 1 aromatic heterocycles. The first-order chi connectivity index (χ1) is 10.8. The number of hydrogen-bond acceptors (Lipinski definition) is 4. The smallest absolute Gasteiger partial charge is 0.191 e. The van der Waals surface area contributed by atoms with Gasteiger partial charge in [0.25, 0.3) is 0 Å². The van der Waals surface area contributed by atoms with Crippen LogP contribution in [-0.4, -0.2) is 49.6 Å². The van der Waals surface area contributed by atoms with E-state index in [1.54, 1.807) is 7.05 Å². The van der Waals surface area contributed by atoms with Crippen LogP contribution in [0, 0.1) is 0 Å². The first-order valence-corrected chi connectivity index (χ1v) is 9.36. The number of halogens is 1. The molecule has 2 N–H and O–H groups in total. The van der Waals surface area contributed by atoms with E-state index in [9.17, 15) is 0 Å². The van der Waals surface area contributed by atoms with Crippen LogP contribution in [-0.2, 0) is 6.54 Å². The maximum Gasteiger partial charge on any atom is 0.191 e. The van der Waals surface area contributed by atoms with E-state index in [-0.39, 0.29) is 24.0 Å². The number of rotatable bonds is 6. The molecule has 0 aliphatic carbocycles. The highest BCUT2D eigenvalue weighted by molar-refractivity contribution is 14.0. The number of nitrogens with zero attached hydrogens (tertiary/aromatic N) is 3. The lowest BCUT2D eigenvalue weighted by molar-refractivity contribution is 0.573. The maximum absolute atomic E-state index is 4.52. The van der Waals surface area contributed by atoms with Crippen LogP contribution in [0.2, 0.25) is 0 Å². The van der Waals surface area contributed by atoms with E-state index in [4.69, 9.17) is 0 Å². The van der Waals surface area contributed by atoms with Crippen LogP contribution in [0.15, 0.2) is 23.3 Å². The molecule has 0 amide bonds. The molecule has 0 radical (unpaired) electrons. The van der Waals surface area contributed by atoms with Gasteiger partial charge in [-0.15, -0.1) is 24.0 Å². The number of hydrogen-bond donors (Lipinski definition) is 2. The van der Waals surface area contributed by atoms with Crippen molar-refractivity contribution in [3.8, 4) is 0 Å². The third-order valence-corrected chi connectivity index (χ3v) is 4.38. The molecule has 23 heavy (non-hydrogen) atoms. The van der Waals surface area contributed by atoms with Crippen molar-refractivity contribution < 1.29 is 0 Å². The fraction of sp³-hybridized carbons (Fsp3) is 0.625. The highest BCUT2D eigenvalue weighted by Crippen LogP contribution is 2.18. The topological polar surface area (TPSA) is 52.6 Å². The van der Waals surface area contributed by atoms with Gasteiger partial charge < -0.3 is 15.5 Å². The van der Waals surface area contributed by atoms with Crippen molar-refractivity contribution in [2.24, 2.45) is 4.99 Å². The summed E-state index contributed by atoms with van der Waals surface area (Å²) in [5.41, 5.74) is 1.24. The zero-order valence-electron chi connectivity index (χ0n) is 14.0. The molecule has 0 spiro atoms. The third-order valence-electron chi connectivity index (χ3n) is 3.77. The summed E-state index contributed by atoms with van der Waals surface area (Å²) in [6.07, 6.45) is 7.91. The Balaban J connectivity index is 0.00000264. The molecule has 0 aromatic carbocycles. The number of piperidine rings is 1. The number of aromatic nitrogens is 1. The fourth-order valence-corrected chi connectivity index (χ4v) is 2.85. The van der Waals surface area contributed by atoms with Gasteiger partial charge in [-0.25, -0.2) is 4.98 Å². The average molecular weight is 449 g/mol. The molecule has 0 unspecified atom stereocenters. The third kappa shape index (κ3) is 7.15. The lowest BCUT2D eigenvalue weighted by Crippen LogP contribution is -2.38. The molecule has 1 fully saturated rings. The number of thioether (sulfide) groups is 1. The molecule has 5 nitrogen and oxygen atoms in total. The van der Waals surface area contributed by atoms with Crippen LogP contribution in [0.3, 0.4) is 0 Å². The highest BCUT2D eigenvalue weighted by atomic mass is 127. The number of guanidine groups is 1. The Bertz CT molecular complexity index is 477. The van der Waals surface area contributed by atoms with Gasteiger partial charge in [0.1, 0.15) is 5.82 Å². The van der Waals surface area contributed by atoms with Crippen molar-refractivity contribution >= 4 is 47.5 Å². The van der Waals surface area contributed by atoms with E-state index in [2.05, 4.69) is 43.9 Å². The van der Waals surface area contributed by atoms with Crippen LogP contribution in [0.5, 0.6) is 0 Å². The summed E-state index contributed by atoms with van der Waals surface area (Å²) in [5, 5.41) is 6.67. The van der Waals surface area contributed by atoms with Crippen LogP contribution in [0.1, 0.15) is 24.8 Å². The van der Waals surface area contributed by atoms with Crippen molar-refractivity contribution in [2.45, 2.75) is 25.8 Å². The molecule has 0 bridgehead atoms. The Morgan fingerprint density at radius 1 is 1.30 bits per heavy atom. The maximum atomic E-state index is 4.52. The van der Waals surface area contributed by atoms with Crippen LogP contribution < -0.4 is 15.5 Å². The molecule has 1 aromatic rings. The number of pyridine rings is 1. The van der Waals surface area contributed by atoms with E-state index in [0.717, 1.165) is 43.7 Å². The summed E-state index contributed by atoms with van der Waals surface area (Å²) < 4.78 is 0. The molecule has 1 saturated heterocycles. The molecule has 0 atom stereocenters. The van der Waals surface area contributed by atoms with Crippen LogP contribution in [0.25, 0.3) is 0 Å². The number of anilines is 1. The summed E-state index contributed by atoms with van der Waals surface area (Å²) >= 11 is 1.83. The molecule has 1 aliphatic heterocycles. The minimum absolute atomic E-state index is 0. The molecule has 0 saturated carbocycles. The van der Waals surface area contributed by atoms with Gasteiger partial charge in [-0.2, -0.15) is 11.8 Å². The predicted molar refractivity (Wildman–Crippen MR) is 112 cm³/mol. The van der Waals surface area contributed by atoms with E-state index in [1.807, 2.05) is 18.0 Å². The van der Waals surface area contributed by atoms with Gasteiger partial charge >= 0.3 is 0 Å². The summed E-state index contributed by atoms with van der Waals surface area (Å²) in [6.45, 7) is 3.95. The monoisotopic (exact) mass is 449 g/mol. The van der Waals surface area contributed by atoms with Crippen molar-refractivity contribution in [3.05, 3.63) is 23.9 Å². The lowest BCUT2D eigenvalue weighted by Gasteiger charge is -2.28. The standard InChI is InChI=1S/C16H27N5S.HI/c1-17-16(19-8-11-22-2)20-13-14-6-7-18-15(12-14)21-9-4-3-5-10-21;/h6-7,12H,3-5,8-11,13H2,1-2H3,(H2,17,19,20);1H. The first kappa shape index (κ1) is 20.3. The minimum atomic E-state index is 0. The van der Waals surface area contributed by atoms with Gasteiger partial charge in [-0.1, -0.05) is 0 Å². The Morgan fingerprint density at radius 3 is 2.78 bits per heavy atom. The Kier molecular flexibility index (Phi) is 10.4. The zero-order valence-corrected chi connectivity index (χ0v) is 17.2. The Morgan fingerprint density at radius 2 is 2.09 bits per heavy atom. The summed E-state index contributed by atoms with van der Waals surface area (Å²) in [4.78, 5) is 11.2. The van der Waals surface area contributed by atoms with Crippen LogP contribution in [0.4, 0.5) is 5.82 Å². The Labute approximate surface area is 161 Å². The second-order valence-corrected chi connectivity index (χ2v) is 6.40. The SMILES string of the molecule is CN=C(NCCSC)NCc1ccnc(N2CCCCC2)c1.I. The van der Waals surface area contributed by atoms with E-state index >= 15 is 0 Å². The second-order valence-electron chi connectivity index (χ2n) is 5.42. The molecular formula is C16H28IN5S. The first-order valence-electron chi connectivity index (χ1n) is 7.97. The molecule has 2 heterocycles. The van der Waals surface area contributed by atoms with Crippen molar-refractivity contribution in [1.29, 1.82) is 0 Å². The van der Waals surface area contributed by atoms with E-state index in [1.165, 1.54) is 24.8 Å². The van der Waals surface area contributed by atoms with Crippen LogP contribution >= 0.6 is 35.7 Å². The number of aliphatic imine (C=N–C) groups is 1. The van der Waals surface area contributed by atoms with E-state index in [0.29, 0.717) is 0 Å². The summed E-state index contributed by atoms with van der Waals surface area (Å²) in [7, 11) is 1.81. The fourth-order valence-electron chi connectivity index (χ4n) is 2.54. The van der Waals surface area contributed by atoms with E-state index < -0.39 is 0 Å². The van der Waals surface area contributed by atoms with Gasteiger partial charge in [0, 0.05) is 45.2 Å². The summed E-state index contributed by atoms with van der Waals surface area (Å²) in [6, 6.07) is 4.25. The molecule has 7 heteroatoms.